The molecule has 1 heterocycles. The second-order valence-corrected chi connectivity index (χ2v) is 4.40. The molecule has 0 atom stereocenters. The van der Waals surface area contributed by atoms with Crippen molar-refractivity contribution < 1.29 is 18.7 Å². The summed E-state index contributed by atoms with van der Waals surface area (Å²) in [6.07, 6.45) is 1.03. The van der Waals surface area contributed by atoms with Crippen LogP contribution < -0.4 is 0 Å². The molecular formula is C15H14F2N2O2. The Balaban J connectivity index is 2.25. The first-order valence-electron chi connectivity index (χ1n) is 6.37. The molecule has 0 fully saturated rings. The zero-order valence-electron chi connectivity index (χ0n) is 11.2. The molecule has 0 saturated carbocycles. The topological polar surface area (TPSA) is 53.4 Å². The van der Waals surface area contributed by atoms with Crippen molar-refractivity contribution in [1.82, 2.24) is 9.88 Å². The number of aliphatic hydroxyl groups excluding tert-OH is 1. The van der Waals surface area contributed by atoms with Gasteiger partial charge < -0.3 is 10.0 Å². The number of carbonyl (C=O) groups is 1. The molecule has 2 aromatic rings. The molecule has 1 N–H and O–H groups in total. The van der Waals surface area contributed by atoms with Crippen LogP contribution in [0.5, 0.6) is 0 Å². The van der Waals surface area contributed by atoms with E-state index in [1.165, 1.54) is 4.90 Å². The zero-order valence-corrected chi connectivity index (χ0v) is 11.2. The summed E-state index contributed by atoms with van der Waals surface area (Å²) in [5.41, 5.74) is 0.432. The minimum Gasteiger partial charge on any atom is -0.395 e. The zero-order chi connectivity index (χ0) is 15.2. The summed E-state index contributed by atoms with van der Waals surface area (Å²) in [5, 5.41) is 9.06. The average Bonchev–Trinajstić information content (AvgIpc) is 2.50. The van der Waals surface area contributed by atoms with Gasteiger partial charge in [0.2, 0.25) is 5.95 Å². The maximum Gasteiger partial charge on any atom is 0.257 e. The van der Waals surface area contributed by atoms with Crippen LogP contribution in [0.4, 0.5) is 8.78 Å². The fourth-order valence-electron chi connectivity index (χ4n) is 1.93. The smallest absolute Gasteiger partial charge is 0.257 e. The molecule has 6 heteroatoms. The highest BCUT2D eigenvalue weighted by Crippen LogP contribution is 2.14. The highest BCUT2D eigenvalue weighted by atomic mass is 19.2. The van der Waals surface area contributed by atoms with Gasteiger partial charge in [0.05, 0.1) is 12.2 Å². The Morgan fingerprint density at radius 2 is 1.90 bits per heavy atom. The number of halogens is 2. The molecule has 0 aliphatic heterocycles. The van der Waals surface area contributed by atoms with Gasteiger partial charge in [0.1, 0.15) is 0 Å². The Bertz CT molecular complexity index is 620. The summed E-state index contributed by atoms with van der Waals surface area (Å²) < 4.78 is 26.8. The fraction of sp³-hybridized carbons (Fsp3) is 0.200. The number of nitrogens with zero attached hydrogens (tertiary/aromatic N) is 2. The third kappa shape index (κ3) is 3.61. The Hall–Kier alpha value is -2.34. The lowest BCUT2D eigenvalue weighted by molar-refractivity contribution is 0.0701. The minimum atomic E-state index is -1.32. The predicted molar refractivity (Wildman–Crippen MR) is 72.4 cm³/mol. The first-order valence-corrected chi connectivity index (χ1v) is 6.37. The normalized spacial score (nSPS) is 10.4. The fourth-order valence-corrected chi connectivity index (χ4v) is 1.93. The summed E-state index contributed by atoms with van der Waals surface area (Å²) in [6, 6.07) is 10.2. The SMILES string of the molecule is O=C(c1ccnc(F)c1F)N(CCO)Cc1ccccc1. The van der Waals surface area contributed by atoms with Gasteiger partial charge in [-0.2, -0.15) is 4.39 Å². The Kier molecular flexibility index (Phi) is 4.94. The number of carbonyl (C=O) groups excluding carboxylic acids is 1. The van der Waals surface area contributed by atoms with Crippen molar-refractivity contribution in [3.05, 3.63) is 65.5 Å². The van der Waals surface area contributed by atoms with Gasteiger partial charge in [0.15, 0.2) is 5.82 Å². The maximum absolute atomic E-state index is 13.6. The molecule has 0 spiro atoms. The summed E-state index contributed by atoms with van der Waals surface area (Å²) in [6.45, 7) is -0.0471. The first-order chi connectivity index (χ1) is 10.1. The summed E-state index contributed by atoms with van der Waals surface area (Å²) >= 11 is 0. The second-order valence-electron chi connectivity index (χ2n) is 4.40. The lowest BCUT2D eigenvalue weighted by atomic mass is 10.1. The van der Waals surface area contributed by atoms with Gasteiger partial charge in [0.25, 0.3) is 5.91 Å². The van der Waals surface area contributed by atoms with Crippen LogP contribution in [-0.4, -0.2) is 34.0 Å². The van der Waals surface area contributed by atoms with E-state index in [0.717, 1.165) is 17.8 Å². The van der Waals surface area contributed by atoms with Crippen molar-refractivity contribution in [2.75, 3.05) is 13.2 Å². The van der Waals surface area contributed by atoms with Crippen LogP contribution in [0, 0.1) is 11.8 Å². The molecule has 1 aromatic heterocycles. The minimum absolute atomic E-state index is 0.0249. The summed E-state index contributed by atoms with van der Waals surface area (Å²) in [4.78, 5) is 16.7. The van der Waals surface area contributed by atoms with E-state index in [1.54, 1.807) is 12.1 Å². The van der Waals surface area contributed by atoms with Crippen molar-refractivity contribution >= 4 is 5.91 Å². The molecule has 2 rings (SSSR count). The number of pyridine rings is 1. The van der Waals surface area contributed by atoms with E-state index in [9.17, 15) is 13.6 Å². The first kappa shape index (κ1) is 15.1. The number of amides is 1. The van der Waals surface area contributed by atoms with Crippen LogP contribution in [-0.2, 0) is 6.54 Å². The summed E-state index contributed by atoms with van der Waals surface area (Å²) in [7, 11) is 0. The Morgan fingerprint density at radius 3 is 2.57 bits per heavy atom. The van der Waals surface area contributed by atoms with Crippen molar-refractivity contribution in [2.24, 2.45) is 0 Å². The third-order valence-corrected chi connectivity index (χ3v) is 2.95. The van der Waals surface area contributed by atoms with Crippen molar-refractivity contribution in [3.8, 4) is 0 Å². The molecule has 0 bridgehead atoms. The van der Waals surface area contributed by atoms with Crippen LogP contribution >= 0.6 is 0 Å². The molecule has 110 valence electrons. The second kappa shape index (κ2) is 6.90. The monoisotopic (exact) mass is 292 g/mol. The highest BCUT2D eigenvalue weighted by Gasteiger charge is 2.21. The highest BCUT2D eigenvalue weighted by molar-refractivity contribution is 5.94. The van der Waals surface area contributed by atoms with Gasteiger partial charge in [-0.25, -0.2) is 9.37 Å². The molecular weight excluding hydrogens is 278 g/mol. The van der Waals surface area contributed by atoms with Crippen molar-refractivity contribution in [3.63, 3.8) is 0 Å². The van der Waals surface area contributed by atoms with Gasteiger partial charge >= 0.3 is 0 Å². The van der Waals surface area contributed by atoms with Gasteiger partial charge in [-0.15, -0.1) is 0 Å². The average molecular weight is 292 g/mol. The maximum atomic E-state index is 13.6. The van der Waals surface area contributed by atoms with E-state index in [-0.39, 0.29) is 19.7 Å². The van der Waals surface area contributed by atoms with Gasteiger partial charge in [0, 0.05) is 19.3 Å². The van der Waals surface area contributed by atoms with E-state index < -0.39 is 23.2 Å². The van der Waals surface area contributed by atoms with Gasteiger partial charge in [-0.3, -0.25) is 4.79 Å². The Labute approximate surface area is 120 Å². The van der Waals surface area contributed by atoms with E-state index in [1.807, 2.05) is 18.2 Å². The van der Waals surface area contributed by atoms with Gasteiger partial charge in [-0.05, 0) is 11.6 Å². The molecule has 1 aromatic carbocycles. The van der Waals surface area contributed by atoms with Crippen molar-refractivity contribution in [2.45, 2.75) is 6.54 Å². The molecule has 4 nitrogen and oxygen atoms in total. The molecule has 21 heavy (non-hydrogen) atoms. The lowest BCUT2D eigenvalue weighted by Crippen LogP contribution is -2.33. The molecule has 0 aliphatic rings. The number of hydrogen-bond acceptors (Lipinski definition) is 3. The van der Waals surface area contributed by atoms with Crippen LogP contribution in [0.15, 0.2) is 42.6 Å². The van der Waals surface area contributed by atoms with Crippen LogP contribution in [0.25, 0.3) is 0 Å². The molecule has 0 unspecified atom stereocenters. The van der Waals surface area contributed by atoms with Crippen LogP contribution in [0.2, 0.25) is 0 Å². The Morgan fingerprint density at radius 1 is 1.19 bits per heavy atom. The van der Waals surface area contributed by atoms with E-state index >= 15 is 0 Å². The summed E-state index contributed by atoms with van der Waals surface area (Å²) in [5.74, 6) is -3.28. The number of hydrogen-bond donors (Lipinski definition) is 1. The largest absolute Gasteiger partial charge is 0.395 e. The molecule has 1 amide bonds. The van der Waals surface area contributed by atoms with E-state index in [0.29, 0.717) is 0 Å². The van der Waals surface area contributed by atoms with Crippen LogP contribution in [0.3, 0.4) is 0 Å². The van der Waals surface area contributed by atoms with Gasteiger partial charge in [-0.1, -0.05) is 30.3 Å². The molecule has 0 aliphatic carbocycles. The quantitative estimate of drug-likeness (QED) is 0.858. The van der Waals surface area contributed by atoms with E-state index in [4.69, 9.17) is 5.11 Å². The van der Waals surface area contributed by atoms with Crippen molar-refractivity contribution in [1.29, 1.82) is 0 Å². The number of benzene rings is 1. The molecule has 0 radical (unpaired) electrons. The van der Waals surface area contributed by atoms with E-state index in [2.05, 4.69) is 4.98 Å². The third-order valence-electron chi connectivity index (χ3n) is 2.95. The predicted octanol–water partition coefficient (Wildman–Crippen LogP) is 1.99. The number of rotatable bonds is 5. The lowest BCUT2D eigenvalue weighted by Gasteiger charge is -2.22. The number of aromatic nitrogens is 1. The molecule has 0 saturated heterocycles. The number of aliphatic hydroxyl groups is 1. The standard InChI is InChI=1S/C15H14F2N2O2/c16-13-12(6-7-18-14(13)17)15(21)19(8-9-20)10-11-4-2-1-3-5-11/h1-7,20H,8-10H2. The van der Waals surface area contributed by atoms with Crippen LogP contribution in [0.1, 0.15) is 15.9 Å².